The Kier molecular flexibility index (Phi) is 16.4. The molecule has 4 aliphatic rings. The van der Waals surface area contributed by atoms with Gasteiger partial charge in [-0.15, -0.1) is 0 Å². The van der Waals surface area contributed by atoms with Gasteiger partial charge in [-0.25, -0.2) is 4.79 Å². The predicted molar refractivity (Wildman–Crippen MR) is 207 cm³/mol. The van der Waals surface area contributed by atoms with Crippen LogP contribution in [0.1, 0.15) is 106 Å². The highest BCUT2D eigenvalue weighted by molar-refractivity contribution is 6.39. The lowest BCUT2D eigenvalue weighted by Gasteiger charge is -2.47. The zero-order valence-electron chi connectivity index (χ0n) is 34.5. The molecule has 0 radical (unpaired) electrons. The Morgan fingerprint density at radius 2 is 1.64 bits per heavy atom. The Labute approximate surface area is 328 Å². The molecule has 55 heavy (non-hydrogen) atoms. The first-order valence-electron chi connectivity index (χ1n) is 20.4. The summed E-state index contributed by atoms with van der Waals surface area (Å²) < 4.78 is 29.8. The number of hydrogen-bond acceptors (Lipinski definition) is 11. The third kappa shape index (κ3) is 10.8. The van der Waals surface area contributed by atoms with Crippen LogP contribution in [0.3, 0.4) is 0 Å². The first-order chi connectivity index (χ1) is 26.1. The number of nitrogens with zero attached hydrogens (tertiary/aromatic N) is 1. The zero-order chi connectivity index (χ0) is 40.6. The summed E-state index contributed by atoms with van der Waals surface area (Å²) in [6, 6.07) is -1.06. The molecule has 1 saturated carbocycles. The third-order valence-corrected chi connectivity index (χ3v) is 12.4. The number of methoxy groups -OCH3 is 3. The highest BCUT2D eigenvalue weighted by atomic mass is 16.7. The average Bonchev–Trinajstić information content (AvgIpc) is 3.17. The number of allylic oxidation sites excluding steroid dienone is 4. The van der Waals surface area contributed by atoms with Gasteiger partial charge in [0, 0.05) is 45.6 Å². The zero-order valence-corrected chi connectivity index (χ0v) is 34.5. The summed E-state index contributed by atoms with van der Waals surface area (Å²) in [7, 11) is 4.68. The minimum Gasteiger partial charge on any atom is -0.456 e. The number of aliphatic hydroxyl groups is 2. The van der Waals surface area contributed by atoms with Crippen LogP contribution in [0.25, 0.3) is 0 Å². The highest BCUT2D eigenvalue weighted by Gasteiger charge is 2.56. The minimum atomic E-state index is -2.47. The van der Waals surface area contributed by atoms with Crippen molar-refractivity contribution in [1.82, 2.24) is 4.90 Å². The van der Waals surface area contributed by atoms with E-state index < -0.39 is 71.8 Å². The summed E-state index contributed by atoms with van der Waals surface area (Å²) in [5.41, 5.74) is 1.82. The summed E-state index contributed by atoms with van der Waals surface area (Å²) in [6.07, 6.45) is 9.26. The van der Waals surface area contributed by atoms with E-state index in [1.165, 1.54) is 4.90 Å². The van der Waals surface area contributed by atoms with Crippen molar-refractivity contribution in [2.24, 2.45) is 29.6 Å². The Hall–Kier alpha value is -2.74. The SMILES string of the molecule is CC[C@@H]1/C=C(\C)C[C@H](C)C[C@H](OC)[C@H]2O[C@@](O)(C(=O)C(=O)N3CCCC[C@H]3C(=O)O[C@H](/C(C)=C/[C@@H]3CC[C@@H](O)[C@H](OC)C3)[C@H](C)/C=C\C1=O)[C@H](C)C[C@@H]2OC. The summed E-state index contributed by atoms with van der Waals surface area (Å²) in [6.45, 7) is 11.6. The van der Waals surface area contributed by atoms with Gasteiger partial charge in [0.1, 0.15) is 18.2 Å². The number of carbonyl (C=O) groups excluding carboxylic acids is 4. The molecule has 4 rings (SSSR count). The lowest BCUT2D eigenvalue weighted by Crippen LogP contribution is -2.64. The number of esters is 1. The van der Waals surface area contributed by atoms with E-state index in [2.05, 4.69) is 13.0 Å². The number of rotatable bonds is 6. The van der Waals surface area contributed by atoms with Crippen molar-refractivity contribution in [3.8, 4) is 0 Å². The fraction of sp³-hybridized carbons (Fsp3) is 0.767. The van der Waals surface area contributed by atoms with E-state index in [4.69, 9.17) is 23.7 Å². The number of amides is 1. The molecule has 1 amide bonds. The third-order valence-electron chi connectivity index (χ3n) is 12.4. The van der Waals surface area contributed by atoms with Gasteiger partial charge < -0.3 is 38.8 Å². The van der Waals surface area contributed by atoms with Crippen molar-refractivity contribution < 1.29 is 53.1 Å². The number of fused-ring (bicyclic) bond motifs is 3. The summed E-state index contributed by atoms with van der Waals surface area (Å²) in [4.78, 5) is 57.5. The van der Waals surface area contributed by atoms with Gasteiger partial charge in [-0.1, -0.05) is 51.5 Å². The van der Waals surface area contributed by atoms with Crippen molar-refractivity contribution in [1.29, 1.82) is 0 Å². The number of Topliss-reactive ketones (excluding diaryl/α,β-unsaturated/α-hetero) is 1. The van der Waals surface area contributed by atoms with Gasteiger partial charge in [0.05, 0.1) is 24.4 Å². The number of ether oxygens (including phenoxy) is 5. The number of carbonyl (C=O) groups is 4. The monoisotopic (exact) mass is 773 g/mol. The second-order valence-corrected chi connectivity index (χ2v) is 16.7. The van der Waals surface area contributed by atoms with E-state index in [0.717, 1.165) is 17.6 Å². The first-order valence-corrected chi connectivity index (χ1v) is 20.4. The first kappa shape index (κ1) is 45.0. The van der Waals surface area contributed by atoms with Crippen molar-refractivity contribution in [3.05, 3.63) is 35.5 Å². The van der Waals surface area contributed by atoms with Crippen LogP contribution in [0.2, 0.25) is 0 Å². The molecule has 3 heterocycles. The molecule has 2 saturated heterocycles. The van der Waals surface area contributed by atoms with Crippen LogP contribution in [-0.2, 0) is 42.9 Å². The smallest absolute Gasteiger partial charge is 0.329 e. The molecule has 0 unspecified atom stereocenters. The minimum absolute atomic E-state index is 0.0487. The van der Waals surface area contributed by atoms with Crippen LogP contribution in [-0.4, -0.2) is 115 Å². The van der Waals surface area contributed by atoms with Crippen molar-refractivity contribution >= 4 is 23.4 Å². The fourth-order valence-corrected chi connectivity index (χ4v) is 9.08. The molecule has 3 aliphatic heterocycles. The van der Waals surface area contributed by atoms with Gasteiger partial charge in [-0.2, -0.15) is 0 Å². The number of cyclic esters (lactones) is 1. The van der Waals surface area contributed by atoms with E-state index in [9.17, 15) is 29.4 Å². The van der Waals surface area contributed by atoms with Gasteiger partial charge in [0.25, 0.3) is 11.7 Å². The van der Waals surface area contributed by atoms with Crippen LogP contribution in [0.5, 0.6) is 0 Å². The van der Waals surface area contributed by atoms with E-state index in [1.807, 2.05) is 33.8 Å². The molecule has 2 N–H and O–H groups in total. The van der Waals surface area contributed by atoms with Crippen molar-refractivity contribution in [2.75, 3.05) is 27.9 Å². The van der Waals surface area contributed by atoms with Gasteiger partial charge in [-0.3, -0.25) is 14.4 Å². The molecule has 3 fully saturated rings. The molecule has 0 spiro atoms. The Bertz CT molecular complexity index is 1440. The normalized spacial score (nSPS) is 41.0. The lowest BCUT2D eigenvalue weighted by molar-refractivity contribution is -0.302. The summed E-state index contributed by atoms with van der Waals surface area (Å²) >= 11 is 0. The maximum atomic E-state index is 14.2. The van der Waals surface area contributed by atoms with Gasteiger partial charge in [-0.05, 0) is 102 Å². The highest BCUT2D eigenvalue weighted by Crippen LogP contribution is 2.39. The largest absolute Gasteiger partial charge is 0.456 e. The summed E-state index contributed by atoms with van der Waals surface area (Å²) in [5.74, 6) is -6.74. The van der Waals surface area contributed by atoms with Crippen LogP contribution >= 0.6 is 0 Å². The average molecular weight is 774 g/mol. The van der Waals surface area contributed by atoms with Crippen LogP contribution in [0, 0.1) is 29.6 Å². The molecular formula is C43H67NO11. The number of hydrogen-bond donors (Lipinski definition) is 2. The van der Waals surface area contributed by atoms with Gasteiger partial charge >= 0.3 is 5.97 Å². The van der Waals surface area contributed by atoms with Crippen LogP contribution in [0.15, 0.2) is 35.5 Å². The Morgan fingerprint density at radius 3 is 2.29 bits per heavy atom. The predicted octanol–water partition coefficient (Wildman–Crippen LogP) is 5.28. The molecular weight excluding hydrogens is 706 g/mol. The molecule has 0 aromatic carbocycles. The Morgan fingerprint density at radius 1 is 0.964 bits per heavy atom. The molecule has 12 nitrogen and oxygen atoms in total. The van der Waals surface area contributed by atoms with Crippen molar-refractivity contribution in [3.63, 3.8) is 0 Å². The lowest BCUT2D eigenvalue weighted by atomic mass is 9.82. The molecule has 13 atom stereocenters. The maximum absolute atomic E-state index is 14.2. The van der Waals surface area contributed by atoms with E-state index in [0.29, 0.717) is 44.9 Å². The van der Waals surface area contributed by atoms with Crippen molar-refractivity contribution in [2.45, 2.75) is 154 Å². The van der Waals surface area contributed by atoms with Crippen LogP contribution in [0.4, 0.5) is 0 Å². The van der Waals surface area contributed by atoms with Crippen LogP contribution < -0.4 is 0 Å². The topological polar surface area (TPSA) is 158 Å². The second-order valence-electron chi connectivity index (χ2n) is 16.7. The number of ketones is 2. The molecule has 12 heteroatoms. The summed E-state index contributed by atoms with van der Waals surface area (Å²) in [5, 5.41) is 22.4. The molecule has 1 aliphatic carbocycles. The maximum Gasteiger partial charge on any atom is 0.329 e. The fourth-order valence-electron chi connectivity index (χ4n) is 9.08. The molecule has 0 aromatic heterocycles. The second kappa shape index (κ2) is 20.1. The van der Waals surface area contributed by atoms with E-state index in [-0.39, 0.29) is 49.0 Å². The van der Waals surface area contributed by atoms with Gasteiger partial charge in [0.15, 0.2) is 5.78 Å². The Balaban J connectivity index is 1.76. The molecule has 0 aromatic rings. The number of aliphatic hydroxyl groups excluding tert-OH is 1. The molecule has 310 valence electrons. The quantitative estimate of drug-likeness (QED) is 0.206. The number of piperidine rings is 1. The standard InChI is InChI=1S/C43H67NO11/c1-10-31-20-25(2)19-26(3)21-36(52-8)39-37(53-9)23-29(6)43(50,55-39)40(47)41(48)44-18-12-11-13-32(44)42(49)54-38(27(4)14-16-33(31)45)28(5)22-30-15-17-34(46)35(24-30)51-7/h14,16,20,22,26-27,29-32,34-39,46,50H,10-13,15,17-19,21,23-24H2,1-9H3/b16-14-,25-20+,28-22+/t26-,27+,29+,30-,31+,32-,34+,35+,36-,37-,38-,39+,43+/m0/s1. The van der Waals surface area contributed by atoms with Gasteiger partial charge in [0.2, 0.25) is 5.79 Å². The van der Waals surface area contributed by atoms with E-state index in [1.54, 1.807) is 40.4 Å². The molecule has 2 bridgehead atoms. The van der Waals surface area contributed by atoms with E-state index >= 15 is 0 Å².